The van der Waals surface area contributed by atoms with Gasteiger partial charge in [0.2, 0.25) is 11.5 Å². The van der Waals surface area contributed by atoms with Gasteiger partial charge >= 0.3 is 5.97 Å². The molecule has 100 valence electrons. The Labute approximate surface area is 111 Å². The largest absolute Gasteiger partial charge is 0.478 e. The maximum atomic E-state index is 11.0. The maximum Gasteiger partial charge on any atom is 0.347 e. The molecule has 0 amide bonds. The van der Waals surface area contributed by atoms with Crippen LogP contribution in [0.2, 0.25) is 0 Å². The molecule has 1 heterocycles. The number of aliphatic carboxylic acids is 1. The number of benzene rings is 1. The minimum absolute atomic E-state index is 0.309. The first kappa shape index (κ1) is 13.1. The molecule has 0 unspecified atom stereocenters. The Morgan fingerprint density at radius 3 is 2.63 bits per heavy atom. The van der Waals surface area contributed by atoms with E-state index in [2.05, 4.69) is 5.10 Å². The molecule has 0 atom stereocenters. The molecular weight excluding hydrogens is 244 g/mol. The lowest BCUT2D eigenvalue weighted by molar-refractivity contribution is -0.152. The van der Waals surface area contributed by atoms with Crippen LogP contribution in [0.25, 0.3) is 0 Å². The molecule has 19 heavy (non-hydrogen) atoms. The highest BCUT2D eigenvalue weighted by molar-refractivity contribution is 5.76. The summed E-state index contributed by atoms with van der Waals surface area (Å²) in [5.74, 6) is -0.714. The third-order valence-electron chi connectivity index (χ3n) is 2.68. The van der Waals surface area contributed by atoms with Crippen LogP contribution in [0.3, 0.4) is 0 Å². The van der Waals surface area contributed by atoms with E-state index in [0.717, 1.165) is 5.56 Å². The van der Waals surface area contributed by atoms with Crippen molar-refractivity contribution in [1.82, 2.24) is 9.78 Å². The van der Waals surface area contributed by atoms with Gasteiger partial charge in [0.15, 0.2) is 0 Å². The Hall–Kier alpha value is -2.30. The molecule has 1 aromatic heterocycles. The first-order chi connectivity index (χ1) is 8.97. The van der Waals surface area contributed by atoms with Crippen LogP contribution in [-0.4, -0.2) is 26.5 Å². The molecular formula is C14H16N2O3. The zero-order valence-electron chi connectivity index (χ0n) is 10.9. The average Bonchev–Trinajstić information content (AvgIpc) is 2.77. The summed E-state index contributed by atoms with van der Waals surface area (Å²) in [7, 11) is 0. The quantitative estimate of drug-likeness (QED) is 0.894. The Morgan fingerprint density at radius 2 is 2.00 bits per heavy atom. The van der Waals surface area contributed by atoms with E-state index in [1.165, 1.54) is 13.8 Å². The molecule has 1 aromatic carbocycles. The molecule has 0 aliphatic rings. The third-order valence-corrected chi connectivity index (χ3v) is 2.68. The number of hydrogen-bond acceptors (Lipinski definition) is 3. The van der Waals surface area contributed by atoms with Gasteiger partial charge in [0.1, 0.15) is 0 Å². The van der Waals surface area contributed by atoms with Crippen molar-refractivity contribution in [3.63, 3.8) is 0 Å². The summed E-state index contributed by atoms with van der Waals surface area (Å²) in [6.45, 7) is 3.61. The van der Waals surface area contributed by atoms with Crippen LogP contribution < -0.4 is 4.74 Å². The molecule has 5 nitrogen and oxygen atoms in total. The Kier molecular flexibility index (Phi) is 3.55. The SMILES string of the molecule is CC(C)(Oc1ccn(Cc2ccccc2)n1)C(=O)O. The first-order valence-electron chi connectivity index (χ1n) is 5.97. The molecule has 0 radical (unpaired) electrons. The molecule has 0 fully saturated rings. The monoisotopic (exact) mass is 260 g/mol. The highest BCUT2D eigenvalue weighted by Crippen LogP contribution is 2.16. The summed E-state index contributed by atoms with van der Waals surface area (Å²) < 4.78 is 7.06. The summed E-state index contributed by atoms with van der Waals surface area (Å²) in [6.07, 6.45) is 1.76. The molecule has 0 spiro atoms. The van der Waals surface area contributed by atoms with E-state index in [1.54, 1.807) is 16.9 Å². The predicted molar refractivity (Wildman–Crippen MR) is 70.1 cm³/mol. The van der Waals surface area contributed by atoms with Gasteiger partial charge in [-0.1, -0.05) is 30.3 Å². The van der Waals surface area contributed by atoms with Crippen molar-refractivity contribution in [2.24, 2.45) is 0 Å². The maximum absolute atomic E-state index is 11.0. The van der Waals surface area contributed by atoms with Crippen molar-refractivity contribution in [1.29, 1.82) is 0 Å². The number of hydrogen-bond donors (Lipinski definition) is 1. The third kappa shape index (κ3) is 3.34. The minimum atomic E-state index is -1.29. The topological polar surface area (TPSA) is 64.4 Å². The van der Waals surface area contributed by atoms with Crippen molar-refractivity contribution < 1.29 is 14.6 Å². The smallest absolute Gasteiger partial charge is 0.347 e. The van der Waals surface area contributed by atoms with Gasteiger partial charge in [0.05, 0.1) is 6.54 Å². The molecule has 0 saturated carbocycles. The zero-order valence-corrected chi connectivity index (χ0v) is 10.9. The van der Waals surface area contributed by atoms with Gasteiger partial charge in [-0.3, -0.25) is 4.68 Å². The molecule has 0 aliphatic carbocycles. The molecule has 5 heteroatoms. The van der Waals surface area contributed by atoms with Gasteiger partial charge in [0.25, 0.3) is 0 Å². The van der Waals surface area contributed by atoms with Gasteiger partial charge in [-0.05, 0) is 19.4 Å². The van der Waals surface area contributed by atoms with E-state index in [9.17, 15) is 4.79 Å². The lowest BCUT2D eigenvalue weighted by atomic mass is 10.1. The number of carboxylic acids is 1. The van der Waals surface area contributed by atoms with E-state index in [0.29, 0.717) is 12.4 Å². The van der Waals surface area contributed by atoms with E-state index < -0.39 is 11.6 Å². The fraction of sp³-hybridized carbons (Fsp3) is 0.286. The standard InChI is InChI=1S/C14H16N2O3/c1-14(2,13(17)18)19-12-8-9-16(15-12)10-11-6-4-3-5-7-11/h3-9H,10H2,1-2H3,(H,17,18). The molecule has 2 aromatic rings. The van der Waals surface area contributed by atoms with Crippen LogP contribution in [0, 0.1) is 0 Å². The highest BCUT2D eigenvalue weighted by atomic mass is 16.5. The lowest BCUT2D eigenvalue weighted by Crippen LogP contribution is -2.38. The van der Waals surface area contributed by atoms with Gasteiger partial charge in [-0.25, -0.2) is 4.79 Å². The van der Waals surface area contributed by atoms with Crippen molar-refractivity contribution in [3.05, 3.63) is 48.2 Å². The Balaban J connectivity index is 2.06. The van der Waals surface area contributed by atoms with E-state index in [4.69, 9.17) is 9.84 Å². The summed E-state index contributed by atoms with van der Waals surface area (Å²) in [5, 5.41) is 13.2. The van der Waals surface area contributed by atoms with Gasteiger partial charge in [-0.15, -0.1) is 5.10 Å². The van der Waals surface area contributed by atoms with Crippen LogP contribution in [-0.2, 0) is 11.3 Å². The number of carboxylic acid groups (broad SMARTS) is 1. The molecule has 1 N–H and O–H groups in total. The van der Waals surface area contributed by atoms with Crippen LogP contribution in [0.1, 0.15) is 19.4 Å². The second kappa shape index (κ2) is 5.14. The van der Waals surface area contributed by atoms with E-state index in [-0.39, 0.29) is 0 Å². The number of rotatable bonds is 5. The van der Waals surface area contributed by atoms with Gasteiger partial charge in [0, 0.05) is 12.3 Å². The number of carbonyl (C=O) groups is 1. The summed E-state index contributed by atoms with van der Waals surface area (Å²) in [6, 6.07) is 11.5. The van der Waals surface area contributed by atoms with Crippen LogP contribution in [0.4, 0.5) is 0 Å². The summed E-state index contributed by atoms with van der Waals surface area (Å²) in [4.78, 5) is 11.0. The molecule has 0 bridgehead atoms. The second-order valence-electron chi connectivity index (χ2n) is 4.75. The molecule has 2 rings (SSSR count). The lowest BCUT2D eigenvalue weighted by Gasteiger charge is -2.19. The average molecular weight is 260 g/mol. The first-order valence-corrected chi connectivity index (χ1v) is 5.97. The van der Waals surface area contributed by atoms with Gasteiger partial charge in [-0.2, -0.15) is 0 Å². The zero-order chi connectivity index (χ0) is 13.9. The van der Waals surface area contributed by atoms with E-state index in [1.807, 2.05) is 30.3 Å². The van der Waals surface area contributed by atoms with Crippen molar-refractivity contribution in [3.8, 4) is 5.88 Å². The van der Waals surface area contributed by atoms with Crippen molar-refractivity contribution in [2.45, 2.75) is 26.0 Å². The van der Waals surface area contributed by atoms with E-state index >= 15 is 0 Å². The van der Waals surface area contributed by atoms with Crippen LogP contribution in [0.5, 0.6) is 5.88 Å². The van der Waals surface area contributed by atoms with Crippen LogP contribution in [0.15, 0.2) is 42.6 Å². The summed E-state index contributed by atoms with van der Waals surface area (Å²) in [5.41, 5.74) is -0.166. The van der Waals surface area contributed by atoms with Crippen LogP contribution >= 0.6 is 0 Å². The summed E-state index contributed by atoms with van der Waals surface area (Å²) >= 11 is 0. The fourth-order valence-electron chi connectivity index (χ4n) is 1.56. The number of nitrogens with zero attached hydrogens (tertiary/aromatic N) is 2. The Bertz CT molecular complexity index is 561. The molecule has 0 saturated heterocycles. The van der Waals surface area contributed by atoms with Crippen molar-refractivity contribution >= 4 is 5.97 Å². The minimum Gasteiger partial charge on any atom is -0.478 e. The highest BCUT2D eigenvalue weighted by Gasteiger charge is 2.30. The number of ether oxygens (including phenoxy) is 1. The fourth-order valence-corrected chi connectivity index (χ4v) is 1.56. The molecule has 0 aliphatic heterocycles. The van der Waals surface area contributed by atoms with Crippen molar-refractivity contribution in [2.75, 3.05) is 0 Å². The second-order valence-corrected chi connectivity index (χ2v) is 4.75. The van der Waals surface area contributed by atoms with Gasteiger partial charge < -0.3 is 9.84 Å². The predicted octanol–water partition coefficient (Wildman–Crippen LogP) is 2.17. The Morgan fingerprint density at radius 1 is 1.32 bits per heavy atom. The normalized spacial score (nSPS) is 11.3. The number of aromatic nitrogens is 2.